The fourth-order valence-corrected chi connectivity index (χ4v) is 2.63. The van der Waals surface area contributed by atoms with E-state index in [9.17, 15) is 9.59 Å². The number of aromatic nitrogens is 2. The van der Waals surface area contributed by atoms with E-state index in [1.165, 1.54) is 0 Å². The number of carbonyl (C=O) groups excluding carboxylic acids is 2. The van der Waals surface area contributed by atoms with Crippen molar-refractivity contribution in [3.63, 3.8) is 0 Å². The number of nitrogens with one attached hydrogen (secondary N) is 1. The Morgan fingerprint density at radius 2 is 2.12 bits per heavy atom. The van der Waals surface area contributed by atoms with E-state index in [4.69, 9.17) is 10.5 Å². The Morgan fingerprint density at radius 1 is 1.32 bits per heavy atom. The minimum Gasteiger partial charge on any atom is -0.480 e. The molecule has 0 aliphatic carbocycles. The molecule has 0 aliphatic heterocycles. The highest BCUT2D eigenvalue weighted by molar-refractivity contribution is 7.08. The lowest BCUT2D eigenvalue weighted by atomic mass is 10.2. The molecule has 0 saturated heterocycles. The maximum Gasteiger partial charge on any atom is 0.265 e. The molecule has 3 N–H and O–H groups in total. The van der Waals surface area contributed by atoms with Crippen molar-refractivity contribution in [3.8, 4) is 17.6 Å². The van der Waals surface area contributed by atoms with Gasteiger partial charge in [0.25, 0.3) is 11.8 Å². The van der Waals surface area contributed by atoms with Crippen LogP contribution in [0.3, 0.4) is 0 Å². The molecule has 1 aromatic heterocycles. The number of amides is 2. The zero-order chi connectivity index (χ0) is 18.1. The molecule has 25 heavy (non-hydrogen) atoms. The van der Waals surface area contributed by atoms with Gasteiger partial charge in [0.15, 0.2) is 0 Å². The molecule has 0 aliphatic rings. The topological polar surface area (TPSA) is 107 Å². The number of ether oxygens (including phenoxy) is 1. The van der Waals surface area contributed by atoms with Gasteiger partial charge in [-0.2, -0.15) is 0 Å². The smallest absolute Gasteiger partial charge is 0.265 e. The highest BCUT2D eigenvalue weighted by Crippen LogP contribution is 2.16. The average Bonchev–Trinajstić information content (AvgIpc) is 3.06. The van der Waals surface area contributed by atoms with E-state index >= 15 is 0 Å². The summed E-state index contributed by atoms with van der Waals surface area (Å²) >= 11 is 1.08. The quantitative estimate of drug-likeness (QED) is 0.728. The third kappa shape index (κ3) is 5.29. The van der Waals surface area contributed by atoms with Crippen LogP contribution < -0.4 is 15.8 Å². The summed E-state index contributed by atoms with van der Waals surface area (Å²) in [5.41, 5.74) is 6.28. The predicted molar refractivity (Wildman–Crippen MR) is 94.5 cm³/mol. The van der Waals surface area contributed by atoms with Gasteiger partial charge in [-0.25, -0.2) is 0 Å². The number of para-hydroxylation sites is 1. The van der Waals surface area contributed by atoms with Crippen molar-refractivity contribution >= 4 is 23.3 Å². The molecule has 0 radical (unpaired) electrons. The average molecular weight is 358 g/mol. The fraction of sp³-hybridized carbons (Fsp3) is 0.294. The Balaban J connectivity index is 1.81. The fourth-order valence-electron chi connectivity index (χ4n) is 2.01. The molecule has 2 rings (SSSR count). The van der Waals surface area contributed by atoms with Crippen molar-refractivity contribution in [1.82, 2.24) is 14.9 Å². The first-order chi connectivity index (χ1) is 12.1. The van der Waals surface area contributed by atoms with Crippen molar-refractivity contribution in [2.24, 2.45) is 5.73 Å². The lowest BCUT2D eigenvalue weighted by Crippen LogP contribution is -2.23. The molecule has 0 bridgehead atoms. The second-order valence-corrected chi connectivity index (χ2v) is 5.74. The van der Waals surface area contributed by atoms with Crippen LogP contribution in [-0.4, -0.2) is 34.6 Å². The Kier molecular flexibility index (Phi) is 6.92. The molecule has 8 heteroatoms. The first-order valence-corrected chi connectivity index (χ1v) is 8.47. The Morgan fingerprint density at radius 3 is 2.88 bits per heavy atom. The van der Waals surface area contributed by atoms with Crippen LogP contribution in [0.15, 0.2) is 24.3 Å². The van der Waals surface area contributed by atoms with Crippen molar-refractivity contribution < 1.29 is 14.3 Å². The van der Waals surface area contributed by atoms with E-state index in [1.54, 1.807) is 24.3 Å². The normalized spacial score (nSPS) is 9.80. The molecule has 2 amide bonds. The van der Waals surface area contributed by atoms with Crippen LogP contribution in [0.2, 0.25) is 0 Å². The molecule has 0 unspecified atom stereocenters. The van der Waals surface area contributed by atoms with E-state index in [2.05, 4.69) is 26.7 Å². The highest BCUT2D eigenvalue weighted by atomic mass is 32.1. The van der Waals surface area contributed by atoms with Gasteiger partial charge < -0.3 is 15.8 Å². The predicted octanol–water partition coefficient (Wildman–Crippen LogP) is 1.40. The number of carbonyl (C=O) groups is 2. The Hall–Kier alpha value is -2.92. The number of benzene rings is 1. The Bertz CT molecular complexity index is 807. The molecule has 130 valence electrons. The van der Waals surface area contributed by atoms with E-state index in [1.807, 2.05) is 6.92 Å². The molecule has 0 saturated carbocycles. The first-order valence-electron chi connectivity index (χ1n) is 7.70. The van der Waals surface area contributed by atoms with E-state index in [-0.39, 0.29) is 19.1 Å². The maximum absolute atomic E-state index is 12.0. The molecule has 0 atom stereocenters. The van der Waals surface area contributed by atoms with Crippen LogP contribution in [0, 0.1) is 11.8 Å². The number of hydrogen-bond acceptors (Lipinski definition) is 6. The molecule has 1 aromatic carbocycles. The van der Waals surface area contributed by atoms with E-state index in [0.717, 1.165) is 24.4 Å². The van der Waals surface area contributed by atoms with Crippen molar-refractivity contribution in [2.75, 3.05) is 13.2 Å². The zero-order valence-corrected chi connectivity index (χ0v) is 14.6. The summed E-state index contributed by atoms with van der Waals surface area (Å²) < 4.78 is 9.24. The van der Waals surface area contributed by atoms with Crippen LogP contribution in [0.25, 0.3) is 0 Å². The lowest BCUT2D eigenvalue weighted by molar-refractivity contribution is 0.0959. The second kappa shape index (κ2) is 9.39. The molecule has 0 spiro atoms. The third-order valence-corrected chi connectivity index (χ3v) is 3.93. The number of rotatable bonds is 7. The number of primary amides is 1. The van der Waals surface area contributed by atoms with E-state index < -0.39 is 5.91 Å². The largest absolute Gasteiger partial charge is 0.480 e. The summed E-state index contributed by atoms with van der Waals surface area (Å²) in [5, 5.41) is 6.65. The number of nitrogens with two attached hydrogens (primary N) is 1. The summed E-state index contributed by atoms with van der Waals surface area (Å²) in [6.45, 7) is 2.29. The molecule has 0 fully saturated rings. The van der Waals surface area contributed by atoms with Gasteiger partial charge >= 0.3 is 0 Å². The second-order valence-electron chi connectivity index (χ2n) is 4.98. The molecular weight excluding hydrogens is 340 g/mol. The van der Waals surface area contributed by atoms with Crippen LogP contribution in [0.4, 0.5) is 0 Å². The van der Waals surface area contributed by atoms with E-state index in [0.29, 0.717) is 21.9 Å². The van der Waals surface area contributed by atoms with Gasteiger partial charge in [0.1, 0.15) is 17.2 Å². The van der Waals surface area contributed by atoms with Crippen LogP contribution in [0.1, 0.15) is 39.1 Å². The van der Waals surface area contributed by atoms with Crippen LogP contribution >= 0.6 is 11.5 Å². The monoisotopic (exact) mass is 358 g/mol. The van der Waals surface area contributed by atoms with Crippen LogP contribution in [-0.2, 0) is 6.42 Å². The van der Waals surface area contributed by atoms with Gasteiger partial charge in [-0.15, -0.1) is 5.10 Å². The minimum atomic E-state index is -0.558. The van der Waals surface area contributed by atoms with Gasteiger partial charge in [-0.1, -0.05) is 41.8 Å². The minimum absolute atomic E-state index is 0.0867. The summed E-state index contributed by atoms with van der Waals surface area (Å²) in [5.74, 6) is 5.16. The maximum atomic E-state index is 12.0. The van der Waals surface area contributed by atoms with Crippen molar-refractivity contribution in [1.29, 1.82) is 0 Å². The zero-order valence-electron chi connectivity index (χ0n) is 13.7. The number of nitrogens with zero attached hydrogens (tertiary/aromatic N) is 2. The first kappa shape index (κ1) is 18.4. The number of hydrogen-bond donors (Lipinski definition) is 2. The number of aryl methyl sites for hydroxylation is 1. The van der Waals surface area contributed by atoms with Gasteiger partial charge in [0.2, 0.25) is 0 Å². The lowest BCUT2D eigenvalue weighted by Gasteiger charge is -2.05. The molecule has 7 nitrogen and oxygen atoms in total. The summed E-state index contributed by atoms with van der Waals surface area (Å²) in [7, 11) is 0. The SMILES string of the molecule is CCCc1nnsc1C(=O)NCC#CCOc1ccccc1C(N)=O. The molecule has 1 heterocycles. The van der Waals surface area contributed by atoms with Gasteiger partial charge in [-0.3, -0.25) is 9.59 Å². The standard InChI is InChI=1S/C17H18N4O3S/c1-2-7-13-15(25-21-20-13)17(23)19-10-5-6-11-24-14-9-4-3-8-12(14)16(18)22/h3-4,8-9H,2,7,10-11H2,1H3,(H2,18,22)(H,19,23). The summed E-state index contributed by atoms with van der Waals surface area (Å²) in [6.07, 6.45) is 1.62. The van der Waals surface area contributed by atoms with Crippen LogP contribution in [0.5, 0.6) is 5.75 Å². The van der Waals surface area contributed by atoms with Crippen molar-refractivity contribution in [2.45, 2.75) is 19.8 Å². The Labute approximate surface area is 149 Å². The van der Waals surface area contributed by atoms with Gasteiger partial charge in [-0.05, 0) is 30.1 Å². The third-order valence-electron chi connectivity index (χ3n) is 3.16. The van der Waals surface area contributed by atoms with Crippen molar-refractivity contribution in [3.05, 3.63) is 40.4 Å². The summed E-state index contributed by atoms with van der Waals surface area (Å²) in [6, 6.07) is 6.68. The highest BCUT2D eigenvalue weighted by Gasteiger charge is 2.14. The van der Waals surface area contributed by atoms with Gasteiger partial charge in [0, 0.05) is 0 Å². The van der Waals surface area contributed by atoms with Gasteiger partial charge in [0.05, 0.1) is 17.8 Å². The summed E-state index contributed by atoms with van der Waals surface area (Å²) in [4.78, 5) is 23.8. The molecule has 2 aromatic rings. The molecular formula is C17H18N4O3S.